The van der Waals surface area contributed by atoms with Crippen LogP contribution in [-0.2, 0) is 6.61 Å². The third-order valence-electron chi connectivity index (χ3n) is 5.05. The first kappa shape index (κ1) is 22.0. The first-order valence-electron chi connectivity index (χ1n) is 10.6. The Morgan fingerprint density at radius 3 is 2.36 bits per heavy atom. The summed E-state index contributed by atoms with van der Waals surface area (Å²) >= 11 is 0. The van der Waals surface area contributed by atoms with Crippen LogP contribution in [0.25, 0.3) is 11.4 Å². The SMILES string of the molecule is CC(C)c1ccc(C(=O)Nc2nc(O)c(OCc3ccccc3)c(-c3ccccn3)n2)cc1. The second-order valence-electron chi connectivity index (χ2n) is 7.77. The standard InChI is InChI=1S/C26H24N4O3/c1-17(2)19-11-13-20(14-12-19)24(31)29-26-28-22(21-10-6-7-15-27-21)23(25(32)30-26)33-16-18-8-4-3-5-9-18/h3-15,17H,16H2,1-2H3,(H2,28,29,30,31,32). The molecule has 2 heterocycles. The van der Waals surface area contributed by atoms with Crippen LogP contribution in [0.1, 0.15) is 41.3 Å². The van der Waals surface area contributed by atoms with E-state index in [1.165, 1.54) is 0 Å². The van der Waals surface area contributed by atoms with Gasteiger partial charge < -0.3 is 9.84 Å². The van der Waals surface area contributed by atoms with Crippen molar-refractivity contribution in [2.45, 2.75) is 26.4 Å². The van der Waals surface area contributed by atoms with E-state index < -0.39 is 0 Å². The molecule has 166 valence electrons. The van der Waals surface area contributed by atoms with E-state index in [-0.39, 0.29) is 35.8 Å². The quantitative estimate of drug-likeness (QED) is 0.410. The summed E-state index contributed by atoms with van der Waals surface area (Å²) in [5.41, 5.74) is 3.29. The molecule has 0 aliphatic carbocycles. The molecule has 0 spiro atoms. The van der Waals surface area contributed by atoms with E-state index in [9.17, 15) is 9.90 Å². The molecule has 2 aromatic heterocycles. The number of pyridine rings is 1. The Morgan fingerprint density at radius 2 is 1.70 bits per heavy atom. The number of benzene rings is 2. The van der Waals surface area contributed by atoms with E-state index in [1.807, 2.05) is 42.5 Å². The molecule has 0 aliphatic rings. The number of anilines is 1. The smallest absolute Gasteiger partial charge is 0.260 e. The predicted octanol–water partition coefficient (Wildman–Crippen LogP) is 5.20. The number of nitrogens with zero attached hydrogens (tertiary/aromatic N) is 3. The van der Waals surface area contributed by atoms with Crippen LogP contribution in [0.15, 0.2) is 79.0 Å². The zero-order chi connectivity index (χ0) is 23.2. The Kier molecular flexibility index (Phi) is 6.59. The summed E-state index contributed by atoms with van der Waals surface area (Å²) in [6, 6.07) is 22.2. The maximum absolute atomic E-state index is 12.7. The lowest BCUT2D eigenvalue weighted by Gasteiger charge is -2.14. The zero-order valence-corrected chi connectivity index (χ0v) is 18.4. The molecule has 2 aromatic carbocycles. The van der Waals surface area contributed by atoms with Crippen molar-refractivity contribution in [2.24, 2.45) is 0 Å². The average Bonchev–Trinajstić information content (AvgIpc) is 2.84. The van der Waals surface area contributed by atoms with E-state index in [0.717, 1.165) is 11.1 Å². The Bertz CT molecular complexity index is 1230. The van der Waals surface area contributed by atoms with Crippen LogP contribution < -0.4 is 10.1 Å². The number of carbonyl (C=O) groups is 1. The molecule has 7 nitrogen and oxygen atoms in total. The fourth-order valence-corrected chi connectivity index (χ4v) is 3.23. The molecule has 7 heteroatoms. The van der Waals surface area contributed by atoms with E-state index in [1.54, 1.807) is 36.5 Å². The number of ether oxygens (including phenoxy) is 1. The van der Waals surface area contributed by atoms with Crippen molar-refractivity contribution in [3.05, 3.63) is 95.7 Å². The minimum atomic E-state index is -0.382. The normalized spacial score (nSPS) is 10.8. The van der Waals surface area contributed by atoms with Gasteiger partial charge in [-0.3, -0.25) is 15.1 Å². The molecule has 2 N–H and O–H groups in total. The van der Waals surface area contributed by atoms with Crippen molar-refractivity contribution >= 4 is 11.9 Å². The van der Waals surface area contributed by atoms with Gasteiger partial charge in [-0.1, -0.05) is 62.4 Å². The molecule has 0 unspecified atom stereocenters. The van der Waals surface area contributed by atoms with Crippen molar-refractivity contribution in [3.8, 4) is 23.0 Å². The van der Waals surface area contributed by atoms with E-state index in [0.29, 0.717) is 17.2 Å². The molecule has 0 fully saturated rings. The molecule has 33 heavy (non-hydrogen) atoms. The van der Waals surface area contributed by atoms with Gasteiger partial charge in [0.2, 0.25) is 11.7 Å². The van der Waals surface area contributed by atoms with Crippen LogP contribution in [0.2, 0.25) is 0 Å². The number of hydrogen-bond donors (Lipinski definition) is 2. The highest BCUT2D eigenvalue weighted by Gasteiger charge is 2.20. The number of nitrogens with one attached hydrogen (secondary N) is 1. The number of rotatable bonds is 7. The van der Waals surface area contributed by atoms with Crippen LogP contribution in [0.4, 0.5) is 5.95 Å². The average molecular weight is 441 g/mol. The molecule has 0 radical (unpaired) electrons. The van der Waals surface area contributed by atoms with Gasteiger partial charge in [0.15, 0.2) is 0 Å². The van der Waals surface area contributed by atoms with Crippen LogP contribution in [0, 0.1) is 0 Å². The summed E-state index contributed by atoms with van der Waals surface area (Å²) in [5, 5.41) is 13.3. The van der Waals surface area contributed by atoms with Crippen molar-refractivity contribution in [3.63, 3.8) is 0 Å². The van der Waals surface area contributed by atoms with Gasteiger partial charge in [0, 0.05) is 11.8 Å². The maximum atomic E-state index is 12.7. The second-order valence-corrected chi connectivity index (χ2v) is 7.77. The summed E-state index contributed by atoms with van der Waals surface area (Å²) in [6.07, 6.45) is 1.62. The Labute approximate surface area is 192 Å². The van der Waals surface area contributed by atoms with Gasteiger partial charge in [0.25, 0.3) is 11.8 Å². The highest BCUT2D eigenvalue weighted by atomic mass is 16.5. The van der Waals surface area contributed by atoms with Crippen LogP contribution in [-0.4, -0.2) is 26.0 Å². The van der Waals surface area contributed by atoms with Gasteiger partial charge in [0.1, 0.15) is 12.3 Å². The highest BCUT2D eigenvalue weighted by Crippen LogP contribution is 2.35. The summed E-state index contributed by atoms with van der Waals surface area (Å²) in [5.74, 6) is -0.344. The predicted molar refractivity (Wildman–Crippen MR) is 126 cm³/mol. The van der Waals surface area contributed by atoms with Crippen LogP contribution >= 0.6 is 0 Å². The van der Waals surface area contributed by atoms with Gasteiger partial charge >= 0.3 is 0 Å². The minimum absolute atomic E-state index is 0.0434. The number of hydrogen-bond acceptors (Lipinski definition) is 6. The molecule has 4 rings (SSSR count). The minimum Gasteiger partial charge on any atom is -0.491 e. The fraction of sp³-hybridized carbons (Fsp3) is 0.154. The zero-order valence-electron chi connectivity index (χ0n) is 18.4. The van der Waals surface area contributed by atoms with Gasteiger partial charge in [-0.15, -0.1) is 0 Å². The van der Waals surface area contributed by atoms with Crippen molar-refractivity contribution in [1.29, 1.82) is 0 Å². The molecule has 0 saturated heterocycles. The number of amides is 1. The van der Waals surface area contributed by atoms with E-state index >= 15 is 0 Å². The van der Waals surface area contributed by atoms with E-state index in [4.69, 9.17) is 4.74 Å². The monoisotopic (exact) mass is 440 g/mol. The molecular formula is C26H24N4O3. The number of carbonyl (C=O) groups excluding carboxylic acids is 1. The lowest BCUT2D eigenvalue weighted by atomic mass is 10.0. The lowest BCUT2D eigenvalue weighted by molar-refractivity contribution is 0.102. The molecule has 0 bridgehead atoms. The van der Waals surface area contributed by atoms with Crippen molar-refractivity contribution in [2.75, 3.05) is 5.32 Å². The summed E-state index contributed by atoms with van der Waals surface area (Å²) in [6.45, 7) is 4.39. The fourth-order valence-electron chi connectivity index (χ4n) is 3.23. The van der Waals surface area contributed by atoms with Crippen molar-refractivity contribution < 1.29 is 14.6 Å². The Morgan fingerprint density at radius 1 is 0.970 bits per heavy atom. The van der Waals surface area contributed by atoms with Gasteiger partial charge in [-0.2, -0.15) is 4.98 Å². The highest BCUT2D eigenvalue weighted by molar-refractivity contribution is 6.03. The van der Waals surface area contributed by atoms with Gasteiger partial charge in [-0.25, -0.2) is 4.98 Å². The van der Waals surface area contributed by atoms with Gasteiger partial charge in [0.05, 0.1) is 5.69 Å². The molecular weight excluding hydrogens is 416 g/mol. The Hall–Kier alpha value is -4.26. The first-order valence-corrected chi connectivity index (χ1v) is 10.6. The second kappa shape index (κ2) is 9.91. The molecule has 0 aliphatic heterocycles. The van der Waals surface area contributed by atoms with E-state index in [2.05, 4.69) is 34.1 Å². The molecule has 1 amide bonds. The first-order chi connectivity index (χ1) is 16.0. The van der Waals surface area contributed by atoms with Crippen molar-refractivity contribution in [1.82, 2.24) is 15.0 Å². The third kappa shape index (κ3) is 5.33. The number of aromatic hydroxyl groups is 1. The summed E-state index contributed by atoms with van der Waals surface area (Å²) in [7, 11) is 0. The number of aromatic nitrogens is 3. The molecule has 0 saturated carbocycles. The van der Waals surface area contributed by atoms with Crippen LogP contribution in [0.5, 0.6) is 11.6 Å². The molecule has 4 aromatic rings. The summed E-state index contributed by atoms with van der Waals surface area (Å²) < 4.78 is 5.86. The molecule has 0 atom stereocenters. The van der Waals surface area contributed by atoms with Crippen LogP contribution in [0.3, 0.4) is 0 Å². The summed E-state index contributed by atoms with van der Waals surface area (Å²) in [4.78, 5) is 25.5. The third-order valence-corrected chi connectivity index (χ3v) is 5.05. The topological polar surface area (TPSA) is 97.2 Å². The van der Waals surface area contributed by atoms with Gasteiger partial charge in [-0.05, 0) is 41.3 Å². The largest absolute Gasteiger partial charge is 0.491 e. The lowest BCUT2D eigenvalue weighted by Crippen LogP contribution is -2.15. The maximum Gasteiger partial charge on any atom is 0.260 e. The Balaban J connectivity index is 1.62.